The molecule has 5 rings (SSSR count). The SMILES string of the molecule is CC12CC3CC(C1)CC(C(O)c1cc(Cl)c(Br)s1)(C3)C2. The minimum Gasteiger partial charge on any atom is -0.387 e. The highest BCUT2D eigenvalue weighted by atomic mass is 79.9. The standard InChI is InChI=1S/C16H20BrClOS/c1-15-4-9-2-10(5-15)7-16(6-9,8-15)13(19)12-3-11(18)14(17)20-12/h3,9-10,13,19H,2,4-8H2,1H3. The Bertz CT molecular complexity index is 521. The molecule has 0 radical (unpaired) electrons. The van der Waals surface area contributed by atoms with Crippen LogP contribution < -0.4 is 0 Å². The highest BCUT2D eigenvalue weighted by Crippen LogP contribution is 2.68. The van der Waals surface area contributed by atoms with Crippen molar-refractivity contribution in [2.24, 2.45) is 22.7 Å². The van der Waals surface area contributed by atoms with E-state index in [1.807, 2.05) is 6.07 Å². The predicted molar refractivity (Wildman–Crippen MR) is 87.2 cm³/mol. The zero-order chi connectivity index (χ0) is 14.1. The molecule has 4 heteroatoms. The maximum atomic E-state index is 11.1. The summed E-state index contributed by atoms with van der Waals surface area (Å²) in [5.74, 6) is 1.68. The highest BCUT2D eigenvalue weighted by Gasteiger charge is 2.58. The molecule has 4 aliphatic carbocycles. The molecule has 1 heterocycles. The minimum absolute atomic E-state index is 0.118. The van der Waals surface area contributed by atoms with Gasteiger partial charge < -0.3 is 5.11 Å². The van der Waals surface area contributed by atoms with Crippen molar-refractivity contribution in [1.29, 1.82) is 0 Å². The summed E-state index contributed by atoms with van der Waals surface area (Å²) in [6.07, 6.45) is 7.46. The van der Waals surface area contributed by atoms with Crippen molar-refractivity contribution >= 4 is 38.9 Å². The molecule has 1 N–H and O–H groups in total. The van der Waals surface area contributed by atoms with E-state index in [1.54, 1.807) is 11.3 Å². The molecule has 1 aromatic heterocycles. The lowest BCUT2D eigenvalue weighted by molar-refractivity contribution is -0.154. The van der Waals surface area contributed by atoms with Crippen LogP contribution in [0.1, 0.15) is 56.4 Å². The van der Waals surface area contributed by atoms with Gasteiger partial charge in [0.15, 0.2) is 0 Å². The Morgan fingerprint density at radius 2 is 2.00 bits per heavy atom. The van der Waals surface area contributed by atoms with E-state index in [-0.39, 0.29) is 11.5 Å². The van der Waals surface area contributed by atoms with Crippen LogP contribution in [0, 0.1) is 22.7 Å². The van der Waals surface area contributed by atoms with Crippen LogP contribution in [0.25, 0.3) is 0 Å². The van der Waals surface area contributed by atoms with Gasteiger partial charge in [-0.3, -0.25) is 0 Å². The largest absolute Gasteiger partial charge is 0.387 e. The van der Waals surface area contributed by atoms with Gasteiger partial charge in [0, 0.05) is 10.3 Å². The van der Waals surface area contributed by atoms with Gasteiger partial charge in [0.2, 0.25) is 0 Å². The van der Waals surface area contributed by atoms with Gasteiger partial charge in [-0.15, -0.1) is 11.3 Å². The summed E-state index contributed by atoms with van der Waals surface area (Å²) in [6, 6.07) is 1.96. The van der Waals surface area contributed by atoms with E-state index < -0.39 is 0 Å². The first-order valence-electron chi connectivity index (χ1n) is 7.52. The van der Waals surface area contributed by atoms with E-state index in [9.17, 15) is 5.11 Å². The van der Waals surface area contributed by atoms with E-state index in [2.05, 4.69) is 22.9 Å². The Morgan fingerprint density at radius 3 is 2.50 bits per heavy atom. The summed E-state index contributed by atoms with van der Waals surface area (Å²) in [4.78, 5) is 1.05. The van der Waals surface area contributed by atoms with Crippen molar-refractivity contribution in [3.05, 3.63) is 19.8 Å². The molecule has 0 aromatic carbocycles. The highest BCUT2D eigenvalue weighted by molar-refractivity contribution is 9.11. The van der Waals surface area contributed by atoms with Crippen molar-refractivity contribution < 1.29 is 5.11 Å². The van der Waals surface area contributed by atoms with E-state index in [1.165, 1.54) is 38.5 Å². The van der Waals surface area contributed by atoms with Crippen molar-refractivity contribution in [2.45, 2.75) is 51.6 Å². The van der Waals surface area contributed by atoms with Crippen molar-refractivity contribution in [2.75, 3.05) is 0 Å². The average Bonchev–Trinajstić information content (AvgIpc) is 2.65. The van der Waals surface area contributed by atoms with Gasteiger partial charge in [-0.2, -0.15) is 0 Å². The van der Waals surface area contributed by atoms with Crippen LogP contribution in [-0.2, 0) is 0 Å². The Labute approximate surface area is 137 Å². The molecule has 4 aliphatic rings. The molecule has 4 bridgehead atoms. The molecule has 4 saturated carbocycles. The summed E-state index contributed by atoms with van der Waals surface area (Å²) < 4.78 is 0.948. The zero-order valence-corrected chi connectivity index (χ0v) is 14.8. The molecule has 3 atom stereocenters. The van der Waals surface area contributed by atoms with Gasteiger partial charge >= 0.3 is 0 Å². The molecule has 3 unspecified atom stereocenters. The third-order valence-electron chi connectivity index (χ3n) is 5.91. The van der Waals surface area contributed by atoms with Gasteiger partial charge in [0.1, 0.15) is 0 Å². The molecule has 110 valence electrons. The van der Waals surface area contributed by atoms with Crippen molar-refractivity contribution in [3.63, 3.8) is 0 Å². The second-order valence-electron chi connectivity index (χ2n) is 7.81. The molecule has 0 saturated heterocycles. The number of aliphatic hydroxyl groups excluding tert-OH is 1. The topological polar surface area (TPSA) is 20.2 Å². The Hall–Kier alpha value is 0.430. The fourth-order valence-electron chi connectivity index (χ4n) is 5.92. The molecule has 0 spiro atoms. The molecule has 0 amide bonds. The van der Waals surface area contributed by atoms with Gasteiger partial charge in [0.25, 0.3) is 0 Å². The maximum absolute atomic E-state index is 11.1. The third kappa shape index (κ3) is 2.04. The van der Waals surface area contributed by atoms with E-state index in [4.69, 9.17) is 11.6 Å². The molecular weight excluding hydrogens is 356 g/mol. The fourth-order valence-corrected chi connectivity index (χ4v) is 7.79. The summed E-state index contributed by atoms with van der Waals surface area (Å²) in [7, 11) is 0. The van der Waals surface area contributed by atoms with Crippen molar-refractivity contribution in [1.82, 2.24) is 0 Å². The predicted octanol–water partition coefficient (Wildman–Crippen LogP) is 5.80. The molecule has 1 aromatic rings. The average molecular weight is 376 g/mol. The lowest BCUT2D eigenvalue weighted by atomic mass is 9.43. The Morgan fingerprint density at radius 1 is 1.35 bits per heavy atom. The van der Waals surface area contributed by atoms with Gasteiger partial charge in [-0.1, -0.05) is 18.5 Å². The van der Waals surface area contributed by atoms with Gasteiger partial charge in [-0.05, 0) is 77.8 Å². The fraction of sp³-hybridized carbons (Fsp3) is 0.750. The molecule has 20 heavy (non-hydrogen) atoms. The third-order valence-corrected chi connectivity index (χ3v) is 8.44. The Balaban J connectivity index is 1.70. The van der Waals surface area contributed by atoms with Crippen LogP contribution >= 0.6 is 38.9 Å². The van der Waals surface area contributed by atoms with E-state index >= 15 is 0 Å². The van der Waals surface area contributed by atoms with Crippen LogP contribution in [0.4, 0.5) is 0 Å². The lowest BCUT2D eigenvalue weighted by Crippen LogP contribution is -2.52. The van der Waals surface area contributed by atoms with Crippen molar-refractivity contribution in [3.8, 4) is 0 Å². The van der Waals surface area contributed by atoms with Gasteiger partial charge in [0.05, 0.1) is 14.9 Å². The normalized spacial score (nSPS) is 44.0. The second kappa shape index (κ2) is 4.47. The molecule has 0 aliphatic heterocycles. The number of thiophene rings is 1. The lowest BCUT2D eigenvalue weighted by Gasteiger charge is -2.62. The minimum atomic E-state index is -0.332. The first-order chi connectivity index (χ1) is 9.39. The maximum Gasteiger partial charge on any atom is 0.0939 e. The van der Waals surface area contributed by atoms with Crippen LogP contribution in [0.3, 0.4) is 0 Å². The summed E-state index contributed by atoms with van der Waals surface area (Å²) in [5.41, 5.74) is 0.593. The first kappa shape index (κ1) is 14.0. The zero-order valence-electron chi connectivity index (χ0n) is 11.7. The monoisotopic (exact) mass is 374 g/mol. The first-order valence-corrected chi connectivity index (χ1v) is 9.51. The van der Waals surface area contributed by atoms with Crippen LogP contribution in [-0.4, -0.2) is 5.11 Å². The van der Waals surface area contributed by atoms with Gasteiger partial charge in [-0.25, -0.2) is 0 Å². The number of halogens is 2. The molecular formula is C16H20BrClOS. The summed E-state index contributed by atoms with van der Waals surface area (Å²) >= 11 is 11.2. The summed E-state index contributed by atoms with van der Waals surface area (Å²) in [5, 5.41) is 11.8. The molecule has 1 nitrogen and oxygen atoms in total. The number of rotatable bonds is 2. The second-order valence-corrected chi connectivity index (χ2v) is 10.6. The quantitative estimate of drug-likeness (QED) is 0.692. The number of aliphatic hydroxyl groups is 1. The van der Waals surface area contributed by atoms with Crippen LogP contribution in [0.5, 0.6) is 0 Å². The number of hydrogen-bond acceptors (Lipinski definition) is 2. The number of hydrogen-bond donors (Lipinski definition) is 1. The van der Waals surface area contributed by atoms with E-state index in [0.29, 0.717) is 5.41 Å². The van der Waals surface area contributed by atoms with Crippen LogP contribution in [0.2, 0.25) is 5.02 Å². The Kier molecular flexibility index (Phi) is 3.14. The molecule has 4 fully saturated rings. The summed E-state index contributed by atoms with van der Waals surface area (Å²) in [6.45, 7) is 2.45. The smallest absolute Gasteiger partial charge is 0.0939 e. The van der Waals surface area contributed by atoms with E-state index in [0.717, 1.165) is 25.5 Å². The van der Waals surface area contributed by atoms with Crippen LogP contribution in [0.15, 0.2) is 9.85 Å².